The lowest BCUT2D eigenvalue weighted by Crippen LogP contribution is -2.27. The second-order valence-corrected chi connectivity index (χ2v) is 8.96. The molecule has 2 aromatic heterocycles. The van der Waals surface area contributed by atoms with Crippen molar-refractivity contribution in [3.8, 4) is 5.75 Å². The van der Waals surface area contributed by atoms with Gasteiger partial charge in [0.2, 0.25) is 5.91 Å². The van der Waals surface area contributed by atoms with Gasteiger partial charge < -0.3 is 15.4 Å². The van der Waals surface area contributed by atoms with Crippen molar-refractivity contribution in [2.24, 2.45) is 0 Å². The number of anilines is 1. The molecule has 1 aliphatic rings. The average molecular weight is 462 g/mol. The van der Waals surface area contributed by atoms with Crippen LogP contribution in [0.1, 0.15) is 28.8 Å². The lowest BCUT2D eigenvalue weighted by atomic mass is 10.1. The molecule has 1 saturated carbocycles. The van der Waals surface area contributed by atoms with Crippen molar-refractivity contribution >= 4 is 45.8 Å². The molecule has 33 heavy (non-hydrogen) atoms. The van der Waals surface area contributed by atoms with Crippen LogP contribution in [-0.4, -0.2) is 45.3 Å². The summed E-state index contributed by atoms with van der Waals surface area (Å²) in [6, 6.07) is 15.1. The lowest BCUT2D eigenvalue weighted by molar-refractivity contribution is -0.113. The van der Waals surface area contributed by atoms with E-state index >= 15 is 0 Å². The number of carbonyl (C=O) groups excluding carboxylic acids is 2. The highest BCUT2D eigenvalue weighted by molar-refractivity contribution is 7.99. The van der Waals surface area contributed by atoms with Crippen molar-refractivity contribution in [1.82, 2.24) is 19.9 Å². The third kappa shape index (κ3) is 4.36. The molecule has 4 aromatic rings. The van der Waals surface area contributed by atoms with Crippen molar-refractivity contribution in [1.29, 1.82) is 0 Å². The number of para-hydroxylation sites is 1. The maximum Gasteiger partial charge on any atom is 0.253 e. The van der Waals surface area contributed by atoms with Crippen molar-refractivity contribution in [3.63, 3.8) is 0 Å². The maximum absolute atomic E-state index is 12.7. The predicted molar refractivity (Wildman–Crippen MR) is 128 cm³/mol. The van der Waals surface area contributed by atoms with Gasteiger partial charge in [-0.3, -0.25) is 14.0 Å². The van der Waals surface area contributed by atoms with Gasteiger partial charge in [0, 0.05) is 17.5 Å². The normalized spacial score (nSPS) is 13.3. The highest BCUT2D eigenvalue weighted by Crippen LogP contribution is 2.29. The van der Waals surface area contributed by atoms with E-state index in [0.29, 0.717) is 22.1 Å². The fraction of sp³-hybridized carbons (Fsp3) is 0.250. The number of methoxy groups -OCH3 is 1. The molecule has 0 unspecified atom stereocenters. The van der Waals surface area contributed by atoms with Crippen LogP contribution in [0.2, 0.25) is 0 Å². The Morgan fingerprint density at radius 2 is 1.97 bits per heavy atom. The standard InChI is InChI=1S/C24H23N5O3S/c1-14-11-21-27-28-24(29(21)20-12-16(32-2)9-10-17(14)20)33-13-22(30)26-19-6-4-3-5-18(19)23(31)25-15-7-8-15/h3-6,9-12,15H,7-8,13H2,1-2H3,(H,25,31)(H,26,30). The van der Waals surface area contributed by atoms with Gasteiger partial charge in [-0.1, -0.05) is 23.9 Å². The third-order valence-electron chi connectivity index (χ3n) is 5.57. The van der Waals surface area contributed by atoms with E-state index < -0.39 is 0 Å². The highest BCUT2D eigenvalue weighted by Gasteiger charge is 2.25. The summed E-state index contributed by atoms with van der Waals surface area (Å²) in [6.45, 7) is 2.03. The molecule has 1 aliphatic carbocycles. The van der Waals surface area contributed by atoms with E-state index in [0.717, 1.165) is 35.1 Å². The van der Waals surface area contributed by atoms with Crippen molar-refractivity contribution < 1.29 is 14.3 Å². The number of aryl methyl sites for hydroxylation is 1. The minimum atomic E-state index is -0.225. The molecule has 8 nitrogen and oxygen atoms in total. The summed E-state index contributed by atoms with van der Waals surface area (Å²) in [4.78, 5) is 25.2. The first-order valence-electron chi connectivity index (χ1n) is 10.7. The first-order valence-corrected chi connectivity index (χ1v) is 11.7. The van der Waals surface area contributed by atoms with Crippen LogP contribution in [0.15, 0.2) is 53.7 Å². The van der Waals surface area contributed by atoms with Gasteiger partial charge in [0.05, 0.1) is 29.6 Å². The molecule has 2 aromatic carbocycles. The number of carbonyl (C=O) groups is 2. The number of nitrogens with zero attached hydrogens (tertiary/aromatic N) is 3. The number of hydrogen-bond acceptors (Lipinski definition) is 6. The summed E-state index contributed by atoms with van der Waals surface area (Å²) >= 11 is 1.29. The van der Waals surface area contributed by atoms with E-state index in [-0.39, 0.29) is 23.6 Å². The second kappa shape index (κ2) is 8.74. The van der Waals surface area contributed by atoms with Crippen LogP contribution in [0, 0.1) is 6.92 Å². The van der Waals surface area contributed by atoms with Crippen LogP contribution in [0.25, 0.3) is 16.6 Å². The Morgan fingerprint density at radius 1 is 1.15 bits per heavy atom. The highest BCUT2D eigenvalue weighted by atomic mass is 32.2. The molecule has 0 atom stereocenters. The molecule has 5 rings (SSSR count). The largest absolute Gasteiger partial charge is 0.497 e. The summed E-state index contributed by atoms with van der Waals surface area (Å²) in [5, 5.41) is 16.1. The zero-order valence-corrected chi connectivity index (χ0v) is 19.1. The molecule has 0 radical (unpaired) electrons. The number of amides is 2. The fourth-order valence-corrected chi connectivity index (χ4v) is 4.47. The Kier molecular flexibility index (Phi) is 5.63. The number of rotatable bonds is 7. The number of hydrogen-bond donors (Lipinski definition) is 2. The number of ether oxygens (including phenoxy) is 1. The first-order chi connectivity index (χ1) is 16.0. The smallest absolute Gasteiger partial charge is 0.253 e. The summed E-state index contributed by atoms with van der Waals surface area (Å²) in [6.07, 6.45) is 2.01. The van der Waals surface area contributed by atoms with Gasteiger partial charge in [-0.2, -0.15) is 0 Å². The lowest BCUT2D eigenvalue weighted by Gasteiger charge is -2.11. The Balaban J connectivity index is 1.36. The molecule has 0 saturated heterocycles. The number of benzene rings is 2. The number of nitrogens with one attached hydrogen (secondary N) is 2. The van der Waals surface area contributed by atoms with E-state index in [1.807, 2.05) is 35.6 Å². The Morgan fingerprint density at radius 3 is 2.76 bits per heavy atom. The van der Waals surface area contributed by atoms with Gasteiger partial charge in [-0.05, 0) is 55.7 Å². The van der Waals surface area contributed by atoms with E-state index in [1.165, 1.54) is 11.8 Å². The summed E-state index contributed by atoms with van der Waals surface area (Å²) in [5.41, 5.74) is 3.67. The average Bonchev–Trinajstić information content (AvgIpc) is 3.54. The molecule has 2 heterocycles. The van der Waals surface area contributed by atoms with Gasteiger partial charge in [0.15, 0.2) is 10.8 Å². The van der Waals surface area contributed by atoms with E-state index in [9.17, 15) is 9.59 Å². The number of fused-ring (bicyclic) bond motifs is 3. The Bertz CT molecular complexity index is 1380. The quantitative estimate of drug-likeness (QED) is 0.406. The molecule has 2 N–H and O–H groups in total. The molecule has 168 valence electrons. The molecule has 0 aliphatic heterocycles. The van der Waals surface area contributed by atoms with Crippen LogP contribution in [0.3, 0.4) is 0 Å². The molecule has 2 amide bonds. The summed E-state index contributed by atoms with van der Waals surface area (Å²) in [5.74, 6) is 0.467. The number of thioether (sulfide) groups is 1. The monoisotopic (exact) mass is 461 g/mol. The van der Waals surface area contributed by atoms with Gasteiger partial charge in [0.25, 0.3) is 5.91 Å². The van der Waals surface area contributed by atoms with Crippen LogP contribution < -0.4 is 15.4 Å². The summed E-state index contributed by atoms with van der Waals surface area (Å²) < 4.78 is 7.32. The second-order valence-electron chi connectivity index (χ2n) is 8.02. The SMILES string of the molecule is COc1ccc2c(C)cc3nnc(SCC(=O)Nc4ccccc4C(=O)NC4CC4)n3c2c1. The van der Waals surface area contributed by atoms with Crippen LogP contribution >= 0.6 is 11.8 Å². The molecule has 1 fully saturated rings. The molecular formula is C24H23N5O3S. The molecular weight excluding hydrogens is 438 g/mol. The predicted octanol–water partition coefficient (Wildman–Crippen LogP) is 3.82. The van der Waals surface area contributed by atoms with Crippen molar-refractivity contribution in [3.05, 3.63) is 59.7 Å². The molecule has 9 heteroatoms. The van der Waals surface area contributed by atoms with E-state index in [4.69, 9.17) is 4.74 Å². The minimum Gasteiger partial charge on any atom is -0.497 e. The zero-order valence-electron chi connectivity index (χ0n) is 18.3. The van der Waals surface area contributed by atoms with E-state index in [2.05, 4.69) is 20.8 Å². The van der Waals surface area contributed by atoms with Crippen LogP contribution in [-0.2, 0) is 4.79 Å². The number of aromatic nitrogens is 3. The van der Waals surface area contributed by atoms with Crippen LogP contribution in [0.5, 0.6) is 5.75 Å². The van der Waals surface area contributed by atoms with Crippen molar-refractivity contribution in [2.75, 3.05) is 18.2 Å². The van der Waals surface area contributed by atoms with Gasteiger partial charge in [-0.25, -0.2) is 0 Å². The van der Waals surface area contributed by atoms with Crippen molar-refractivity contribution in [2.45, 2.75) is 31.0 Å². The van der Waals surface area contributed by atoms with Gasteiger partial charge >= 0.3 is 0 Å². The fourth-order valence-electron chi connectivity index (χ4n) is 3.72. The first kappa shape index (κ1) is 21.3. The molecule has 0 spiro atoms. The van der Waals surface area contributed by atoms with E-state index in [1.54, 1.807) is 31.4 Å². The Hall–Kier alpha value is -3.59. The zero-order chi connectivity index (χ0) is 22.9. The van der Waals surface area contributed by atoms with Gasteiger partial charge in [0.1, 0.15) is 5.75 Å². The number of pyridine rings is 1. The third-order valence-corrected chi connectivity index (χ3v) is 6.49. The topological polar surface area (TPSA) is 97.6 Å². The summed E-state index contributed by atoms with van der Waals surface area (Å²) in [7, 11) is 1.63. The van der Waals surface area contributed by atoms with Gasteiger partial charge in [-0.15, -0.1) is 10.2 Å². The minimum absolute atomic E-state index is 0.124. The molecule has 0 bridgehead atoms. The maximum atomic E-state index is 12.7. The Labute approximate surface area is 194 Å². The van der Waals surface area contributed by atoms with Crippen LogP contribution in [0.4, 0.5) is 5.69 Å².